The molecule has 2 aromatic rings. The number of benzene rings is 1. The third-order valence-corrected chi connectivity index (χ3v) is 4.38. The number of alkyl halides is 1. The first-order valence-electron chi connectivity index (χ1n) is 7.37. The van der Waals surface area contributed by atoms with Crippen molar-refractivity contribution in [2.75, 3.05) is 0 Å². The van der Waals surface area contributed by atoms with E-state index >= 15 is 0 Å². The number of hydrogen-bond acceptors (Lipinski definition) is 2. The van der Waals surface area contributed by atoms with Crippen LogP contribution in [0.4, 0.5) is 0 Å². The van der Waals surface area contributed by atoms with Crippen LogP contribution in [0.25, 0.3) is 5.69 Å². The minimum absolute atomic E-state index is 0.396. The Morgan fingerprint density at radius 1 is 1.10 bits per heavy atom. The van der Waals surface area contributed by atoms with Gasteiger partial charge in [-0.05, 0) is 31.9 Å². The van der Waals surface area contributed by atoms with Crippen LogP contribution in [0.5, 0.6) is 0 Å². The molecular weight excluding hydrogens is 270 g/mol. The maximum absolute atomic E-state index is 6.04. The van der Waals surface area contributed by atoms with Crippen molar-refractivity contribution >= 4 is 11.6 Å². The number of aromatic nitrogens is 3. The van der Waals surface area contributed by atoms with Crippen LogP contribution in [-0.4, -0.2) is 14.8 Å². The van der Waals surface area contributed by atoms with E-state index in [1.54, 1.807) is 0 Å². The standard InChI is InChI=1S/C16H20ClN3/c1-12-7-9-14(10-8-12)20-15(11-17)18-19-16(20)13-5-3-2-4-6-13/h7-10,13H,2-6,11H2,1H3. The smallest absolute Gasteiger partial charge is 0.152 e. The average molecular weight is 290 g/mol. The van der Waals surface area contributed by atoms with Gasteiger partial charge in [0, 0.05) is 11.6 Å². The molecule has 20 heavy (non-hydrogen) atoms. The summed E-state index contributed by atoms with van der Waals surface area (Å²) in [5.74, 6) is 2.85. The van der Waals surface area contributed by atoms with E-state index in [0.717, 1.165) is 17.3 Å². The zero-order valence-electron chi connectivity index (χ0n) is 11.8. The Hall–Kier alpha value is -1.35. The first kappa shape index (κ1) is 13.6. The van der Waals surface area contributed by atoms with Crippen LogP contribution in [-0.2, 0) is 5.88 Å². The molecular formula is C16H20ClN3. The van der Waals surface area contributed by atoms with E-state index in [2.05, 4.69) is 46.0 Å². The highest BCUT2D eigenvalue weighted by atomic mass is 35.5. The first-order valence-corrected chi connectivity index (χ1v) is 7.90. The molecule has 4 heteroatoms. The largest absolute Gasteiger partial charge is 0.282 e. The molecule has 1 aliphatic rings. The van der Waals surface area contributed by atoms with Crippen molar-refractivity contribution in [3.8, 4) is 5.69 Å². The number of halogens is 1. The maximum atomic E-state index is 6.04. The Bertz CT molecular complexity index is 568. The number of nitrogens with zero attached hydrogens (tertiary/aromatic N) is 3. The van der Waals surface area contributed by atoms with Crippen LogP contribution in [0.3, 0.4) is 0 Å². The van der Waals surface area contributed by atoms with Crippen molar-refractivity contribution in [2.24, 2.45) is 0 Å². The van der Waals surface area contributed by atoms with Gasteiger partial charge in [-0.1, -0.05) is 37.0 Å². The molecule has 1 saturated carbocycles. The minimum atomic E-state index is 0.396. The van der Waals surface area contributed by atoms with E-state index in [1.165, 1.54) is 37.7 Å². The number of aryl methyl sites for hydroxylation is 1. The second-order valence-corrected chi connectivity index (χ2v) is 5.88. The van der Waals surface area contributed by atoms with E-state index in [0.29, 0.717) is 11.8 Å². The van der Waals surface area contributed by atoms with Crippen LogP contribution in [0.15, 0.2) is 24.3 Å². The molecule has 1 fully saturated rings. The van der Waals surface area contributed by atoms with Crippen LogP contribution < -0.4 is 0 Å². The van der Waals surface area contributed by atoms with Gasteiger partial charge in [-0.2, -0.15) is 0 Å². The van der Waals surface area contributed by atoms with Crippen molar-refractivity contribution in [1.82, 2.24) is 14.8 Å². The highest BCUT2D eigenvalue weighted by Crippen LogP contribution is 2.33. The van der Waals surface area contributed by atoms with Gasteiger partial charge in [0.1, 0.15) is 5.82 Å². The van der Waals surface area contributed by atoms with Crippen LogP contribution >= 0.6 is 11.6 Å². The van der Waals surface area contributed by atoms with Gasteiger partial charge < -0.3 is 0 Å². The van der Waals surface area contributed by atoms with Crippen molar-refractivity contribution in [1.29, 1.82) is 0 Å². The lowest BCUT2D eigenvalue weighted by atomic mass is 9.88. The normalized spacial score (nSPS) is 16.5. The summed E-state index contributed by atoms with van der Waals surface area (Å²) >= 11 is 6.04. The van der Waals surface area contributed by atoms with Gasteiger partial charge in [0.15, 0.2) is 5.82 Å². The minimum Gasteiger partial charge on any atom is -0.282 e. The molecule has 3 rings (SSSR count). The summed E-state index contributed by atoms with van der Waals surface area (Å²) in [5, 5.41) is 8.73. The number of hydrogen-bond donors (Lipinski definition) is 0. The Kier molecular flexibility index (Phi) is 4.06. The molecule has 0 spiro atoms. The summed E-state index contributed by atoms with van der Waals surface area (Å²) < 4.78 is 2.16. The lowest BCUT2D eigenvalue weighted by molar-refractivity contribution is 0.424. The molecule has 1 aromatic heterocycles. The Balaban J connectivity index is 2.02. The van der Waals surface area contributed by atoms with Gasteiger partial charge in [-0.25, -0.2) is 0 Å². The highest BCUT2D eigenvalue weighted by Gasteiger charge is 2.23. The molecule has 1 heterocycles. The molecule has 0 saturated heterocycles. The molecule has 1 aromatic carbocycles. The fraction of sp³-hybridized carbons (Fsp3) is 0.500. The van der Waals surface area contributed by atoms with E-state index in [4.69, 9.17) is 11.6 Å². The molecule has 1 aliphatic carbocycles. The summed E-state index contributed by atoms with van der Waals surface area (Å²) in [4.78, 5) is 0. The average Bonchev–Trinajstić information content (AvgIpc) is 2.93. The molecule has 0 radical (unpaired) electrons. The van der Waals surface area contributed by atoms with E-state index < -0.39 is 0 Å². The molecule has 106 valence electrons. The van der Waals surface area contributed by atoms with E-state index in [9.17, 15) is 0 Å². The highest BCUT2D eigenvalue weighted by molar-refractivity contribution is 6.16. The SMILES string of the molecule is Cc1ccc(-n2c(CCl)nnc2C2CCCCC2)cc1. The fourth-order valence-corrected chi connectivity index (χ4v) is 3.19. The fourth-order valence-electron chi connectivity index (χ4n) is 3.02. The Morgan fingerprint density at radius 3 is 2.45 bits per heavy atom. The molecule has 3 nitrogen and oxygen atoms in total. The predicted molar refractivity (Wildman–Crippen MR) is 81.5 cm³/mol. The van der Waals surface area contributed by atoms with Crippen LogP contribution in [0, 0.1) is 6.92 Å². The summed E-state index contributed by atoms with van der Waals surface area (Å²) in [6.07, 6.45) is 6.36. The molecule has 0 bridgehead atoms. The van der Waals surface area contributed by atoms with Gasteiger partial charge in [-0.3, -0.25) is 4.57 Å². The lowest BCUT2D eigenvalue weighted by Crippen LogP contribution is -2.12. The monoisotopic (exact) mass is 289 g/mol. The molecule has 0 unspecified atom stereocenters. The summed E-state index contributed by atoms with van der Waals surface area (Å²) in [5.41, 5.74) is 2.38. The van der Waals surface area contributed by atoms with Crippen LogP contribution in [0.2, 0.25) is 0 Å². The third-order valence-electron chi connectivity index (χ3n) is 4.14. The topological polar surface area (TPSA) is 30.7 Å². The molecule has 0 aliphatic heterocycles. The summed E-state index contributed by atoms with van der Waals surface area (Å²) in [7, 11) is 0. The van der Waals surface area contributed by atoms with Crippen LogP contribution in [0.1, 0.15) is 55.2 Å². The third kappa shape index (κ3) is 2.59. The van der Waals surface area contributed by atoms with Gasteiger partial charge in [0.25, 0.3) is 0 Å². The van der Waals surface area contributed by atoms with E-state index in [-0.39, 0.29) is 0 Å². The molecule has 0 atom stereocenters. The second kappa shape index (κ2) is 5.96. The van der Waals surface area contributed by atoms with Crippen molar-refractivity contribution in [3.05, 3.63) is 41.5 Å². The maximum Gasteiger partial charge on any atom is 0.152 e. The van der Waals surface area contributed by atoms with Gasteiger partial charge in [0.05, 0.1) is 5.88 Å². The van der Waals surface area contributed by atoms with Crippen molar-refractivity contribution in [2.45, 2.75) is 50.8 Å². The quantitative estimate of drug-likeness (QED) is 0.786. The zero-order valence-corrected chi connectivity index (χ0v) is 12.6. The summed E-state index contributed by atoms with van der Waals surface area (Å²) in [6.45, 7) is 2.10. The van der Waals surface area contributed by atoms with Gasteiger partial charge >= 0.3 is 0 Å². The number of rotatable bonds is 3. The van der Waals surface area contributed by atoms with Gasteiger partial charge in [-0.15, -0.1) is 21.8 Å². The molecule has 0 amide bonds. The zero-order chi connectivity index (χ0) is 13.9. The lowest BCUT2D eigenvalue weighted by Gasteiger charge is -2.22. The predicted octanol–water partition coefficient (Wildman–Crippen LogP) is 4.36. The molecule has 0 N–H and O–H groups in total. The van der Waals surface area contributed by atoms with Gasteiger partial charge in [0.2, 0.25) is 0 Å². The second-order valence-electron chi connectivity index (χ2n) is 5.61. The van der Waals surface area contributed by atoms with Crippen molar-refractivity contribution in [3.63, 3.8) is 0 Å². The Morgan fingerprint density at radius 2 is 1.80 bits per heavy atom. The Labute approximate surface area is 125 Å². The van der Waals surface area contributed by atoms with Crippen molar-refractivity contribution < 1.29 is 0 Å². The summed E-state index contributed by atoms with van der Waals surface area (Å²) in [6, 6.07) is 8.50. The van der Waals surface area contributed by atoms with E-state index in [1.807, 2.05) is 0 Å². The first-order chi connectivity index (χ1) is 9.79.